The van der Waals surface area contributed by atoms with Crippen LogP contribution in [0.1, 0.15) is 20.3 Å². The molecule has 0 spiro atoms. The first-order chi connectivity index (χ1) is 6.65. The lowest BCUT2D eigenvalue weighted by Crippen LogP contribution is -2.31. The van der Waals surface area contributed by atoms with Crippen LogP contribution in [-0.4, -0.2) is 17.6 Å². The van der Waals surface area contributed by atoms with E-state index in [-0.39, 0.29) is 0 Å². The van der Waals surface area contributed by atoms with Crippen LogP contribution in [-0.2, 0) is 0 Å². The predicted octanol–water partition coefficient (Wildman–Crippen LogP) is 2.92. The van der Waals surface area contributed by atoms with Crippen LogP contribution in [0.4, 0.5) is 5.13 Å². The average Bonchev–Trinajstić information content (AvgIpc) is 2.52. The number of aromatic nitrogens is 1. The molecule has 0 amide bonds. The third kappa shape index (κ3) is 2.86. The van der Waals surface area contributed by atoms with Crippen LogP contribution < -0.4 is 4.90 Å². The summed E-state index contributed by atoms with van der Waals surface area (Å²) in [6.07, 6.45) is 0.509. The fourth-order valence-corrected chi connectivity index (χ4v) is 2.23. The highest BCUT2D eigenvalue weighted by molar-refractivity contribution is 7.14. The molecule has 0 atom stereocenters. The zero-order chi connectivity index (χ0) is 10.6. The Morgan fingerprint density at radius 3 is 2.86 bits per heavy atom. The van der Waals surface area contributed by atoms with Gasteiger partial charge in [0.25, 0.3) is 0 Å². The molecule has 0 saturated heterocycles. The molecule has 76 valence electrons. The van der Waals surface area contributed by atoms with Crippen molar-refractivity contribution in [3.63, 3.8) is 0 Å². The summed E-state index contributed by atoms with van der Waals surface area (Å²) in [6.45, 7) is 4.86. The first kappa shape index (κ1) is 11.3. The van der Waals surface area contributed by atoms with E-state index in [9.17, 15) is 0 Å². The van der Waals surface area contributed by atoms with Crippen LogP contribution in [0.25, 0.3) is 0 Å². The Kier molecular flexibility index (Phi) is 4.18. The summed E-state index contributed by atoms with van der Waals surface area (Å²) in [7, 11) is 0. The van der Waals surface area contributed by atoms with E-state index < -0.39 is 0 Å². The monoisotopic (exact) mass is 229 g/mol. The lowest BCUT2D eigenvalue weighted by atomic mass is 10.3. The van der Waals surface area contributed by atoms with Crippen LogP contribution in [0, 0.1) is 11.3 Å². The summed E-state index contributed by atoms with van der Waals surface area (Å²) in [4.78, 5) is 6.27. The van der Waals surface area contributed by atoms with Gasteiger partial charge >= 0.3 is 0 Å². The van der Waals surface area contributed by atoms with Gasteiger partial charge in [-0.15, -0.1) is 11.3 Å². The number of hydrogen-bond acceptors (Lipinski definition) is 4. The van der Waals surface area contributed by atoms with Gasteiger partial charge < -0.3 is 4.90 Å². The molecular weight excluding hydrogens is 218 g/mol. The summed E-state index contributed by atoms with van der Waals surface area (Å²) in [5, 5.41) is 11.7. The van der Waals surface area contributed by atoms with Gasteiger partial charge in [-0.05, 0) is 13.8 Å². The van der Waals surface area contributed by atoms with E-state index in [2.05, 4.69) is 29.8 Å². The van der Waals surface area contributed by atoms with Crippen molar-refractivity contribution in [2.24, 2.45) is 0 Å². The number of anilines is 1. The highest BCUT2D eigenvalue weighted by Gasteiger charge is 2.13. The Morgan fingerprint density at radius 2 is 2.43 bits per heavy atom. The Balaban J connectivity index is 2.73. The van der Waals surface area contributed by atoms with Crippen LogP contribution in [0.2, 0.25) is 5.15 Å². The van der Waals surface area contributed by atoms with Crippen LogP contribution in [0.5, 0.6) is 0 Å². The molecule has 0 aliphatic carbocycles. The standard InChI is InChI=1S/C9H12ClN3S/c1-7(2)13(5-3-4-11)9-12-8(10)6-14-9/h6-7H,3,5H2,1-2H3. The lowest BCUT2D eigenvalue weighted by Gasteiger charge is -2.24. The molecule has 0 fully saturated rings. The van der Waals surface area contributed by atoms with E-state index in [1.807, 2.05) is 0 Å². The van der Waals surface area contributed by atoms with Gasteiger partial charge in [-0.25, -0.2) is 4.98 Å². The third-order valence-corrected chi connectivity index (χ3v) is 3.00. The van der Waals surface area contributed by atoms with Gasteiger partial charge in [-0.1, -0.05) is 11.6 Å². The van der Waals surface area contributed by atoms with Gasteiger partial charge in [-0.3, -0.25) is 0 Å². The number of halogens is 1. The lowest BCUT2D eigenvalue weighted by molar-refractivity contribution is 0.684. The zero-order valence-electron chi connectivity index (χ0n) is 8.20. The smallest absolute Gasteiger partial charge is 0.187 e. The number of nitriles is 1. The second-order valence-corrected chi connectivity index (χ2v) is 4.37. The summed E-state index contributed by atoms with van der Waals surface area (Å²) in [5.41, 5.74) is 0. The van der Waals surface area contributed by atoms with Gasteiger partial charge in [0.15, 0.2) is 5.13 Å². The maximum atomic E-state index is 8.53. The minimum Gasteiger partial charge on any atom is -0.345 e. The molecule has 5 heteroatoms. The fourth-order valence-electron chi connectivity index (χ4n) is 1.12. The number of hydrogen-bond donors (Lipinski definition) is 0. The minimum atomic E-state index is 0.338. The van der Waals surface area contributed by atoms with Gasteiger partial charge in [0.05, 0.1) is 12.5 Å². The molecule has 0 unspecified atom stereocenters. The average molecular weight is 230 g/mol. The maximum absolute atomic E-state index is 8.53. The molecule has 3 nitrogen and oxygen atoms in total. The second kappa shape index (κ2) is 5.18. The second-order valence-electron chi connectivity index (χ2n) is 3.15. The van der Waals surface area contributed by atoms with Crippen molar-refractivity contribution < 1.29 is 0 Å². The zero-order valence-corrected chi connectivity index (χ0v) is 9.77. The van der Waals surface area contributed by atoms with E-state index in [0.29, 0.717) is 24.2 Å². The molecule has 0 aromatic carbocycles. The molecule has 0 aliphatic heterocycles. The quantitative estimate of drug-likeness (QED) is 0.797. The maximum Gasteiger partial charge on any atom is 0.187 e. The van der Waals surface area contributed by atoms with Crippen molar-refractivity contribution >= 4 is 28.1 Å². The molecule has 1 rings (SSSR count). The van der Waals surface area contributed by atoms with Crippen molar-refractivity contribution in [3.8, 4) is 6.07 Å². The normalized spacial score (nSPS) is 10.2. The molecule has 0 N–H and O–H groups in total. The topological polar surface area (TPSA) is 39.9 Å². The first-order valence-electron chi connectivity index (χ1n) is 4.39. The summed E-state index contributed by atoms with van der Waals surface area (Å²) >= 11 is 7.26. The molecule has 14 heavy (non-hydrogen) atoms. The molecular formula is C9H12ClN3S. The molecule has 0 saturated carbocycles. The Labute approximate surface area is 92.9 Å². The third-order valence-electron chi connectivity index (χ3n) is 1.80. The van der Waals surface area contributed by atoms with Crippen molar-refractivity contribution in [2.75, 3.05) is 11.4 Å². The Bertz CT molecular complexity index is 329. The van der Waals surface area contributed by atoms with Gasteiger partial charge in [0.1, 0.15) is 5.15 Å². The summed E-state index contributed by atoms with van der Waals surface area (Å²) in [5.74, 6) is 0. The number of nitrogens with zero attached hydrogens (tertiary/aromatic N) is 3. The first-order valence-corrected chi connectivity index (χ1v) is 5.65. The minimum absolute atomic E-state index is 0.338. The summed E-state index contributed by atoms with van der Waals surface area (Å²) < 4.78 is 0. The van der Waals surface area contributed by atoms with Crippen LogP contribution in [0.3, 0.4) is 0 Å². The molecule has 1 aromatic rings. The molecule has 0 aliphatic rings. The van der Waals surface area contributed by atoms with Crippen molar-refractivity contribution in [3.05, 3.63) is 10.5 Å². The predicted molar refractivity (Wildman–Crippen MR) is 59.8 cm³/mol. The largest absolute Gasteiger partial charge is 0.345 e. The fraction of sp³-hybridized carbons (Fsp3) is 0.556. The highest BCUT2D eigenvalue weighted by atomic mass is 35.5. The number of thiazole rings is 1. The molecule has 1 heterocycles. The van der Waals surface area contributed by atoms with Crippen LogP contribution in [0.15, 0.2) is 5.38 Å². The van der Waals surface area contributed by atoms with Crippen LogP contribution >= 0.6 is 22.9 Å². The Hall–Kier alpha value is -0.790. The van der Waals surface area contributed by atoms with Gasteiger partial charge in [-0.2, -0.15) is 5.26 Å². The van der Waals surface area contributed by atoms with Crippen molar-refractivity contribution in [1.29, 1.82) is 5.26 Å². The van der Waals surface area contributed by atoms with E-state index in [0.717, 1.165) is 5.13 Å². The SMILES string of the molecule is CC(C)N(CCC#N)c1nc(Cl)cs1. The number of rotatable bonds is 4. The van der Waals surface area contributed by atoms with E-state index in [1.54, 1.807) is 5.38 Å². The van der Waals surface area contributed by atoms with Crippen molar-refractivity contribution in [2.45, 2.75) is 26.3 Å². The summed E-state index contributed by atoms with van der Waals surface area (Å²) in [6, 6.07) is 2.47. The molecule has 0 radical (unpaired) electrons. The van der Waals surface area contributed by atoms with Crippen molar-refractivity contribution in [1.82, 2.24) is 4.98 Å². The Morgan fingerprint density at radius 1 is 1.71 bits per heavy atom. The van der Waals surface area contributed by atoms with Gasteiger partial charge in [0.2, 0.25) is 0 Å². The van der Waals surface area contributed by atoms with E-state index >= 15 is 0 Å². The highest BCUT2D eigenvalue weighted by Crippen LogP contribution is 2.24. The van der Waals surface area contributed by atoms with E-state index in [4.69, 9.17) is 16.9 Å². The molecule has 1 aromatic heterocycles. The van der Waals surface area contributed by atoms with E-state index in [1.165, 1.54) is 11.3 Å². The van der Waals surface area contributed by atoms with Gasteiger partial charge in [0, 0.05) is 18.0 Å². The molecule has 0 bridgehead atoms.